The van der Waals surface area contributed by atoms with E-state index in [0.717, 1.165) is 0 Å². The van der Waals surface area contributed by atoms with Gasteiger partial charge in [-0.15, -0.1) is 0 Å². The van der Waals surface area contributed by atoms with Gasteiger partial charge in [-0.2, -0.15) is 5.26 Å². The summed E-state index contributed by atoms with van der Waals surface area (Å²) in [4.78, 5) is 29.5. The van der Waals surface area contributed by atoms with Gasteiger partial charge in [0.2, 0.25) is 5.91 Å². The molecule has 1 N–H and O–H groups in total. The van der Waals surface area contributed by atoms with Crippen LogP contribution in [0.5, 0.6) is 0 Å². The molecule has 114 valence electrons. The third-order valence-corrected chi connectivity index (χ3v) is 4.25. The lowest BCUT2D eigenvalue weighted by Gasteiger charge is -2.20. The van der Waals surface area contributed by atoms with Gasteiger partial charge < -0.3 is 15.0 Å². The van der Waals surface area contributed by atoms with Gasteiger partial charge in [0.25, 0.3) is 0 Å². The summed E-state index contributed by atoms with van der Waals surface area (Å²) in [5.41, 5.74) is 1.18. The maximum absolute atomic E-state index is 11.7. The van der Waals surface area contributed by atoms with Gasteiger partial charge in [-0.05, 0) is 13.0 Å². The van der Waals surface area contributed by atoms with E-state index in [1.807, 2.05) is 4.90 Å². The van der Waals surface area contributed by atoms with Gasteiger partial charge in [0.05, 0.1) is 30.0 Å². The molecular formula is C15H16N4O3. The Kier molecular flexibility index (Phi) is 3.45. The van der Waals surface area contributed by atoms with Crippen LogP contribution in [0.15, 0.2) is 6.07 Å². The second-order valence-corrected chi connectivity index (χ2v) is 5.64. The average molecular weight is 300 g/mol. The molecule has 1 amide bonds. The molecule has 2 saturated heterocycles. The van der Waals surface area contributed by atoms with Crippen molar-refractivity contribution in [2.45, 2.75) is 19.4 Å². The minimum Gasteiger partial charge on any atom is -0.465 e. The van der Waals surface area contributed by atoms with Gasteiger partial charge in [0.1, 0.15) is 11.9 Å². The van der Waals surface area contributed by atoms with E-state index in [-0.39, 0.29) is 17.9 Å². The van der Waals surface area contributed by atoms with Crippen LogP contribution in [0, 0.1) is 24.2 Å². The highest BCUT2D eigenvalue weighted by Gasteiger charge is 2.41. The molecule has 3 heterocycles. The summed E-state index contributed by atoms with van der Waals surface area (Å²) >= 11 is 0. The molecule has 0 radical (unpaired) electrons. The standard InChI is InChI=1S/C15H16N4O3/c1-8-11(15(21)22-2)3-9(5-16)14(17-8)19-6-10-4-13(20)18-12(10)7-19/h3,10,12H,4,6-7H2,1-2H3,(H,18,20)/t10-,12+/m0/s1. The van der Waals surface area contributed by atoms with E-state index in [0.29, 0.717) is 42.1 Å². The number of nitrogens with one attached hydrogen (secondary N) is 1. The van der Waals surface area contributed by atoms with Crippen LogP contribution in [0.1, 0.15) is 28.0 Å². The first-order valence-corrected chi connectivity index (χ1v) is 7.08. The predicted octanol–water partition coefficient (Wildman–Crippen LogP) is 0.373. The minimum absolute atomic E-state index is 0.0836. The molecule has 2 aliphatic rings. The summed E-state index contributed by atoms with van der Waals surface area (Å²) in [6.07, 6.45) is 0.516. The number of anilines is 1. The van der Waals surface area contributed by atoms with Crippen molar-refractivity contribution in [3.63, 3.8) is 0 Å². The maximum Gasteiger partial charge on any atom is 0.339 e. The zero-order chi connectivity index (χ0) is 15.9. The van der Waals surface area contributed by atoms with Crippen molar-refractivity contribution in [3.05, 3.63) is 22.9 Å². The fourth-order valence-corrected chi connectivity index (χ4v) is 3.15. The van der Waals surface area contributed by atoms with Crippen molar-refractivity contribution >= 4 is 17.7 Å². The number of ether oxygens (including phenoxy) is 1. The molecule has 2 fully saturated rings. The molecule has 0 aliphatic carbocycles. The van der Waals surface area contributed by atoms with Gasteiger partial charge in [-0.1, -0.05) is 0 Å². The summed E-state index contributed by atoms with van der Waals surface area (Å²) in [6.45, 7) is 3.03. The molecule has 0 saturated carbocycles. The van der Waals surface area contributed by atoms with Crippen LogP contribution in [0.3, 0.4) is 0 Å². The molecule has 0 bridgehead atoms. The molecule has 1 aromatic heterocycles. The first kappa shape index (κ1) is 14.3. The van der Waals surface area contributed by atoms with E-state index in [4.69, 9.17) is 4.74 Å². The number of aryl methyl sites for hydroxylation is 1. The second kappa shape index (κ2) is 5.30. The Bertz CT molecular complexity index is 679. The number of esters is 1. The number of rotatable bonds is 2. The van der Waals surface area contributed by atoms with E-state index < -0.39 is 5.97 Å². The number of fused-ring (bicyclic) bond motifs is 1. The quantitative estimate of drug-likeness (QED) is 0.793. The molecule has 7 heteroatoms. The Balaban J connectivity index is 1.92. The number of pyridine rings is 1. The zero-order valence-electron chi connectivity index (χ0n) is 12.4. The van der Waals surface area contributed by atoms with Crippen molar-refractivity contribution in [3.8, 4) is 6.07 Å². The number of nitrogens with zero attached hydrogens (tertiary/aromatic N) is 3. The Morgan fingerprint density at radius 1 is 1.55 bits per heavy atom. The first-order valence-electron chi connectivity index (χ1n) is 7.08. The number of carbonyl (C=O) groups excluding carboxylic acids is 2. The van der Waals surface area contributed by atoms with Gasteiger partial charge >= 0.3 is 5.97 Å². The summed E-state index contributed by atoms with van der Waals surface area (Å²) in [7, 11) is 1.30. The molecule has 1 aromatic rings. The van der Waals surface area contributed by atoms with Crippen molar-refractivity contribution in [2.24, 2.45) is 5.92 Å². The molecular weight excluding hydrogens is 284 g/mol. The third kappa shape index (κ3) is 2.26. The smallest absolute Gasteiger partial charge is 0.339 e. The molecule has 7 nitrogen and oxygen atoms in total. The number of hydrogen-bond acceptors (Lipinski definition) is 6. The van der Waals surface area contributed by atoms with E-state index in [1.54, 1.807) is 6.92 Å². The van der Waals surface area contributed by atoms with Gasteiger partial charge in [0, 0.05) is 25.4 Å². The highest BCUT2D eigenvalue weighted by atomic mass is 16.5. The lowest BCUT2D eigenvalue weighted by molar-refractivity contribution is -0.119. The number of hydrogen-bond donors (Lipinski definition) is 1. The molecule has 2 aliphatic heterocycles. The fraction of sp³-hybridized carbons (Fsp3) is 0.467. The highest BCUT2D eigenvalue weighted by Crippen LogP contribution is 2.31. The molecule has 0 aromatic carbocycles. The van der Waals surface area contributed by atoms with Crippen molar-refractivity contribution in [2.75, 3.05) is 25.1 Å². The van der Waals surface area contributed by atoms with Crippen LogP contribution >= 0.6 is 0 Å². The monoisotopic (exact) mass is 300 g/mol. The number of amides is 1. The molecule has 0 spiro atoms. The fourth-order valence-electron chi connectivity index (χ4n) is 3.15. The van der Waals surface area contributed by atoms with Crippen LogP contribution in [0.25, 0.3) is 0 Å². The van der Waals surface area contributed by atoms with Crippen molar-refractivity contribution in [1.29, 1.82) is 5.26 Å². The van der Waals surface area contributed by atoms with Crippen LogP contribution in [-0.4, -0.2) is 43.1 Å². The van der Waals surface area contributed by atoms with E-state index in [2.05, 4.69) is 16.4 Å². The van der Waals surface area contributed by atoms with Gasteiger partial charge in [0.15, 0.2) is 0 Å². The summed E-state index contributed by atoms with van der Waals surface area (Å²) in [5, 5.41) is 12.3. The topological polar surface area (TPSA) is 95.3 Å². The predicted molar refractivity (Wildman–Crippen MR) is 77.3 cm³/mol. The summed E-state index contributed by atoms with van der Waals surface area (Å²) in [5.74, 6) is 0.400. The normalized spacial score (nSPS) is 23.0. The van der Waals surface area contributed by atoms with Crippen LogP contribution in [0.2, 0.25) is 0 Å². The zero-order valence-corrected chi connectivity index (χ0v) is 12.4. The number of methoxy groups -OCH3 is 1. The van der Waals surface area contributed by atoms with E-state index in [9.17, 15) is 14.9 Å². The first-order chi connectivity index (χ1) is 10.5. The van der Waals surface area contributed by atoms with E-state index in [1.165, 1.54) is 13.2 Å². The number of nitriles is 1. The number of carbonyl (C=O) groups is 2. The maximum atomic E-state index is 11.7. The van der Waals surface area contributed by atoms with Crippen LogP contribution in [0.4, 0.5) is 5.82 Å². The SMILES string of the molecule is COC(=O)c1cc(C#N)c(N2C[C@@H]3CC(=O)N[C@@H]3C2)nc1C. The number of aromatic nitrogens is 1. The van der Waals surface area contributed by atoms with Gasteiger partial charge in [-0.3, -0.25) is 4.79 Å². The Morgan fingerprint density at radius 3 is 2.95 bits per heavy atom. The largest absolute Gasteiger partial charge is 0.465 e. The summed E-state index contributed by atoms with van der Waals surface area (Å²) < 4.78 is 4.70. The Hall–Kier alpha value is -2.62. The van der Waals surface area contributed by atoms with Crippen molar-refractivity contribution < 1.29 is 14.3 Å². The molecule has 0 unspecified atom stereocenters. The van der Waals surface area contributed by atoms with Gasteiger partial charge in [-0.25, -0.2) is 9.78 Å². The Morgan fingerprint density at radius 2 is 2.32 bits per heavy atom. The molecule has 2 atom stereocenters. The molecule has 3 rings (SSSR count). The molecule has 22 heavy (non-hydrogen) atoms. The minimum atomic E-state index is -0.501. The van der Waals surface area contributed by atoms with Crippen molar-refractivity contribution in [1.82, 2.24) is 10.3 Å². The highest BCUT2D eigenvalue weighted by molar-refractivity contribution is 5.91. The third-order valence-electron chi connectivity index (χ3n) is 4.25. The second-order valence-electron chi connectivity index (χ2n) is 5.64. The average Bonchev–Trinajstić information content (AvgIpc) is 3.03. The van der Waals surface area contributed by atoms with Crippen LogP contribution < -0.4 is 10.2 Å². The lowest BCUT2D eigenvalue weighted by Crippen LogP contribution is -2.33. The van der Waals surface area contributed by atoms with Crippen LogP contribution in [-0.2, 0) is 9.53 Å². The lowest BCUT2D eigenvalue weighted by atomic mass is 10.1. The Labute approximate surface area is 127 Å². The summed E-state index contributed by atoms with van der Waals surface area (Å²) in [6, 6.07) is 3.73. The van der Waals surface area contributed by atoms with E-state index >= 15 is 0 Å².